The molecule has 0 bridgehead atoms. The van der Waals surface area contributed by atoms with E-state index in [2.05, 4.69) is 128 Å². The lowest BCUT2D eigenvalue weighted by Crippen LogP contribution is -2.43. The molecule has 2 rings (SSSR count). The monoisotopic (exact) mass is 542 g/mol. The highest BCUT2D eigenvalue weighted by Crippen LogP contribution is 2.42. The molecule has 0 unspecified atom stereocenters. The van der Waals surface area contributed by atoms with Crippen LogP contribution < -0.4 is 0 Å². The maximum atomic E-state index is 4.48. The third-order valence-corrected chi connectivity index (χ3v) is 21.3. The van der Waals surface area contributed by atoms with E-state index in [4.69, 9.17) is 0 Å². The lowest BCUT2D eigenvalue weighted by atomic mass is 9.97. The van der Waals surface area contributed by atoms with Gasteiger partial charge in [0.15, 0.2) is 0 Å². The predicted octanol–water partition coefficient (Wildman–Crippen LogP) is 9.83. The fourth-order valence-corrected chi connectivity index (χ4v) is 17.2. The summed E-state index contributed by atoms with van der Waals surface area (Å²) in [5.74, 6) is 7.56. The summed E-state index contributed by atoms with van der Waals surface area (Å²) < 4.78 is 0. The number of hydrogen-bond acceptors (Lipinski definition) is 2. The van der Waals surface area contributed by atoms with Crippen LogP contribution in [0.2, 0.25) is 33.2 Å². The first-order valence-electron chi connectivity index (χ1n) is 14.4. The SMILES string of the molecule is CC(C)[Si](C#C/C(=C(/C#C[Si](C(C)C)(C(C)C)C(C)C)c1cccnc1)c1cccnc1)(C(C)C)C(C)C. The Kier molecular flexibility index (Phi) is 11.4. The molecular formula is C34H50N2Si2. The molecule has 0 aliphatic heterocycles. The molecule has 0 atom stereocenters. The van der Waals surface area contributed by atoms with Crippen LogP contribution in [0.1, 0.15) is 94.2 Å². The molecule has 2 nitrogen and oxygen atoms in total. The average Bonchev–Trinajstić information content (AvgIpc) is 2.85. The van der Waals surface area contributed by atoms with E-state index >= 15 is 0 Å². The molecule has 0 radical (unpaired) electrons. The van der Waals surface area contributed by atoms with Crippen molar-refractivity contribution in [2.75, 3.05) is 0 Å². The molecule has 2 aromatic rings. The van der Waals surface area contributed by atoms with Crippen LogP contribution in [0.5, 0.6) is 0 Å². The summed E-state index contributed by atoms with van der Waals surface area (Å²) in [7, 11) is -3.91. The van der Waals surface area contributed by atoms with Crippen LogP contribution >= 0.6 is 0 Å². The summed E-state index contributed by atoms with van der Waals surface area (Å²) in [6, 6.07) is 8.24. The zero-order valence-electron chi connectivity index (χ0n) is 26.0. The molecule has 2 heterocycles. The van der Waals surface area contributed by atoms with Crippen LogP contribution in [-0.4, -0.2) is 26.1 Å². The maximum absolute atomic E-state index is 4.48. The average molecular weight is 543 g/mol. The van der Waals surface area contributed by atoms with Gasteiger partial charge in [-0.3, -0.25) is 9.97 Å². The van der Waals surface area contributed by atoms with Crippen molar-refractivity contribution in [3.05, 3.63) is 60.2 Å². The van der Waals surface area contributed by atoms with Crippen molar-refractivity contribution in [1.82, 2.24) is 9.97 Å². The Morgan fingerprint density at radius 3 is 1.03 bits per heavy atom. The summed E-state index contributed by atoms with van der Waals surface area (Å²) in [6.07, 6.45) is 7.52. The Balaban J connectivity index is 3.07. The first-order chi connectivity index (χ1) is 17.8. The topological polar surface area (TPSA) is 25.8 Å². The molecule has 0 saturated carbocycles. The Bertz CT molecular complexity index is 1050. The van der Waals surface area contributed by atoms with Gasteiger partial charge in [0, 0.05) is 47.1 Å². The second-order valence-corrected chi connectivity index (χ2v) is 23.7. The number of pyridine rings is 2. The molecule has 4 heteroatoms. The largest absolute Gasteiger partial charge is 0.264 e. The number of allylic oxidation sites excluding steroid dienone is 2. The highest BCUT2D eigenvalue weighted by atomic mass is 28.3. The molecule has 38 heavy (non-hydrogen) atoms. The van der Waals surface area contributed by atoms with Crippen molar-refractivity contribution in [3.8, 4) is 22.9 Å². The predicted molar refractivity (Wildman–Crippen MR) is 173 cm³/mol. The maximum Gasteiger partial charge on any atom is 0.146 e. The van der Waals surface area contributed by atoms with E-state index < -0.39 is 16.1 Å². The second-order valence-electron chi connectivity index (χ2n) is 12.5. The van der Waals surface area contributed by atoms with Crippen molar-refractivity contribution in [1.29, 1.82) is 0 Å². The second kappa shape index (κ2) is 13.6. The Morgan fingerprint density at radius 2 is 0.816 bits per heavy atom. The molecule has 0 N–H and O–H groups in total. The van der Waals surface area contributed by atoms with Gasteiger partial charge >= 0.3 is 0 Å². The van der Waals surface area contributed by atoms with Gasteiger partial charge in [0.2, 0.25) is 0 Å². The zero-order valence-corrected chi connectivity index (χ0v) is 28.0. The van der Waals surface area contributed by atoms with Crippen LogP contribution in [0.3, 0.4) is 0 Å². The van der Waals surface area contributed by atoms with Crippen molar-refractivity contribution in [2.45, 2.75) is 116 Å². The van der Waals surface area contributed by atoms with Crippen molar-refractivity contribution < 1.29 is 0 Å². The number of nitrogens with zero attached hydrogens (tertiary/aromatic N) is 2. The normalized spacial score (nSPS) is 13.1. The molecule has 204 valence electrons. The highest BCUT2D eigenvalue weighted by molar-refractivity contribution is 6.91. The molecule has 0 fully saturated rings. The van der Waals surface area contributed by atoms with Crippen molar-refractivity contribution >= 4 is 27.3 Å². The Morgan fingerprint density at radius 1 is 0.526 bits per heavy atom. The van der Waals surface area contributed by atoms with E-state index in [0.717, 1.165) is 22.3 Å². The lowest BCUT2D eigenvalue weighted by Gasteiger charge is -2.38. The van der Waals surface area contributed by atoms with Gasteiger partial charge in [-0.2, -0.15) is 0 Å². The Labute approximate surface area is 236 Å². The van der Waals surface area contributed by atoms with Crippen molar-refractivity contribution in [3.63, 3.8) is 0 Å². The summed E-state index contributed by atoms with van der Waals surface area (Å²) in [6.45, 7) is 28.4. The molecule has 0 aliphatic carbocycles. The lowest BCUT2D eigenvalue weighted by molar-refractivity contribution is 0.838. The van der Waals surface area contributed by atoms with E-state index in [0.29, 0.717) is 33.2 Å². The summed E-state index contributed by atoms with van der Waals surface area (Å²) in [5.41, 5.74) is 15.3. The summed E-state index contributed by atoms with van der Waals surface area (Å²) in [4.78, 5) is 8.96. The van der Waals surface area contributed by atoms with Crippen LogP contribution in [0, 0.1) is 22.9 Å². The van der Waals surface area contributed by atoms with Crippen molar-refractivity contribution in [2.24, 2.45) is 0 Å². The quantitative estimate of drug-likeness (QED) is 0.245. The minimum Gasteiger partial charge on any atom is -0.264 e. The summed E-state index contributed by atoms with van der Waals surface area (Å²) in [5, 5.41) is 0. The van der Waals surface area contributed by atoms with Gasteiger partial charge in [0.25, 0.3) is 0 Å². The van der Waals surface area contributed by atoms with Crippen LogP contribution in [0.15, 0.2) is 49.1 Å². The minimum absolute atomic E-state index is 0.556. The molecular weight excluding hydrogens is 493 g/mol. The smallest absolute Gasteiger partial charge is 0.146 e. The van der Waals surface area contributed by atoms with Gasteiger partial charge in [-0.15, -0.1) is 11.1 Å². The highest BCUT2D eigenvalue weighted by Gasteiger charge is 2.43. The number of hydrogen-bond donors (Lipinski definition) is 0. The molecule has 0 spiro atoms. The minimum atomic E-state index is -1.95. The van der Waals surface area contributed by atoms with E-state index in [-0.39, 0.29) is 0 Å². The van der Waals surface area contributed by atoms with Gasteiger partial charge in [-0.05, 0) is 45.4 Å². The third-order valence-electron chi connectivity index (χ3n) is 8.69. The van der Waals surface area contributed by atoms with Crippen LogP contribution in [0.4, 0.5) is 0 Å². The standard InChI is InChI=1S/C34H50N2Si2/c1-25(2)37(26(3)4,27(5)6)21-17-33(31-15-13-19-35-23-31)34(32-16-14-20-36-24-32)18-22-38(28(7)8,29(9)10)30(11)12/h13-16,19-20,23-30H,1-12H3/b34-33+. The molecule has 0 aliphatic rings. The first kappa shape index (κ1) is 31.8. The van der Waals surface area contributed by atoms with E-state index in [9.17, 15) is 0 Å². The van der Waals surface area contributed by atoms with E-state index in [1.807, 2.05) is 36.9 Å². The van der Waals surface area contributed by atoms with Gasteiger partial charge in [0.1, 0.15) is 16.1 Å². The molecule has 2 aromatic heterocycles. The van der Waals surface area contributed by atoms with E-state index in [1.165, 1.54) is 0 Å². The van der Waals surface area contributed by atoms with Gasteiger partial charge in [-0.25, -0.2) is 0 Å². The van der Waals surface area contributed by atoms with E-state index in [1.54, 1.807) is 0 Å². The van der Waals surface area contributed by atoms with Crippen LogP contribution in [0.25, 0.3) is 11.1 Å². The summed E-state index contributed by atoms with van der Waals surface area (Å²) >= 11 is 0. The molecule has 0 aromatic carbocycles. The van der Waals surface area contributed by atoms with Crippen LogP contribution in [-0.2, 0) is 0 Å². The number of aromatic nitrogens is 2. The zero-order chi connectivity index (χ0) is 28.7. The fraction of sp³-hybridized carbons (Fsp3) is 0.529. The molecule has 0 amide bonds. The number of rotatable bonds is 8. The first-order valence-corrected chi connectivity index (χ1v) is 18.9. The fourth-order valence-electron chi connectivity index (χ4n) is 6.79. The van der Waals surface area contributed by atoms with Gasteiger partial charge < -0.3 is 0 Å². The van der Waals surface area contributed by atoms with Gasteiger partial charge in [0.05, 0.1) is 0 Å². The van der Waals surface area contributed by atoms with Gasteiger partial charge in [-0.1, -0.05) is 107 Å². The third kappa shape index (κ3) is 6.59. The Hall–Kier alpha value is -2.41. The molecule has 0 saturated heterocycles.